The average Bonchev–Trinajstić information content (AvgIpc) is 2.34. The SMILES string of the molecule is Cc1[nH]cc[n+]1CCC[Si](C)(C)C. The molecular weight excluding hydrogens is 176 g/mol. The Morgan fingerprint density at radius 2 is 2.08 bits per heavy atom. The van der Waals surface area contributed by atoms with Crippen molar-refractivity contribution in [1.82, 2.24) is 4.98 Å². The van der Waals surface area contributed by atoms with Gasteiger partial charge < -0.3 is 0 Å². The van der Waals surface area contributed by atoms with Crippen LogP contribution in [0, 0.1) is 6.92 Å². The quantitative estimate of drug-likeness (QED) is 0.565. The van der Waals surface area contributed by atoms with E-state index in [4.69, 9.17) is 0 Å². The van der Waals surface area contributed by atoms with Gasteiger partial charge in [0.05, 0.1) is 6.54 Å². The van der Waals surface area contributed by atoms with E-state index in [0.717, 1.165) is 0 Å². The maximum absolute atomic E-state index is 3.19. The van der Waals surface area contributed by atoms with Crippen LogP contribution in [0.3, 0.4) is 0 Å². The Labute approximate surface area is 82.0 Å². The second-order valence-corrected chi connectivity index (χ2v) is 10.5. The molecular formula is C10H21N2Si+. The largest absolute Gasteiger partial charge is 0.251 e. The van der Waals surface area contributed by atoms with Gasteiger partial charge in [-0.15, -0.1) is 0 Å². The highest BCUT2D eigenvalue weighted by atomic mass is 28.3. The van der Waals surface area contributed by atoms with Gasteiger partial charge in [0.2, 0.25) is 0 Å². The molecule has 0 amide bonds. The second-order valence-electron chi connectivity index (χ2n) is 4.90. The van der Waals surface area contributed by atoms with Crippen molar-refractivity contribution >= 4 is 8.07 Å². The molecule has 0 bridgehead atoms. The summed E-state index contributed by atoms with van der Waals surface area (Å²) in [7, 11) is -0.832. The van der Waals surface area contributed by atoms with Crippen molar-refractivity contribution in [3.63, 3.8) is 0 Å². The number of nitrogens with one attached hydrogen (secondary N) is 1. The maximum atomic E-state index is 3.19. The monoisotopic (exact) mass is 197 g/mol. The lowest BCUT2D eigenvalue weighted by Crippen LogP contribution is -2.35. The smallest absolute Gasteiger partial charge is 0.248 e. The van der Waals surface area contributed by atoms with Gasteiger partial charge in [-0.1, -0.05) is 25.7 Å². The van der Waals surface area contributed by atoms with Crippen LogP contribution in [-0.4, -0.2) is 13.1 Å². The van der Waals surface area contributed by atoms with E-state index in [1.165, 1.54) is 24.8 Å². The zero-order valence-electron chi connectivity index (χ0n) is 9.22. The highest BCUT2D eigenvalue weighted by Crippen LogP contribution is 2.10. The average molecular weight is 197 g/mol. The van der Waals surface area contributed by atoms with Crippen LogP contribution in [0.25, 0.3) is 0 Å². The van der Waals surface area contributed by atoms with Crippen LogP contribution in [0.1, 0.15) is 12.2 Å². The number of imidazole rings is 1. The van der Waals surface area contributed by atoms with Gasteiger partial charge in [-0.05, 0) is 6.42 Å². The molecule has 2 nitrogen and oxygen atoms in total. The Balaban J connectivity index is 2.32. The lowest BCUT2D eigenvalue weighted by Gasteiger charge is -2.14. The molecule has 1 rings (SSSR count). The van der Waals surface area contributed by atoms with Gasteiger partial charge in [0.1, 0.15) is 12.4 Å². The Kier molecular flexibility index (Phi) is 3.31. The van der Waals surface area contributed by atoms with Gasteiger partial charge in [-0.25, -0.2) is 9.55 Å². The van der Waals surface area contributed by atoms with E-state index in [0.29, 0.717) is 0 Å². The van der Waals surface area contributed by atoms with Gasteiger partial charge in [0.15, 0.2) is 0 Å². The first-order valence-corrected chi connectivity index (χ1v) is 8.73. The molecule has 0 aliphatic heterocycles. The van der Waals surface area contributed by atoms with Crippen LogP contribution in [0.15, 0.2) is 12.4 Å². The summed E-state index contributed by atoms with van der Waals surface area (Å²) in [5.41, 5.74) is 0. The van der Waals surface area contributed by atoms with E-state index in [-0.39, 0.29) is 0 Å². The van der Waals surface area contributed by atoms with Crippen molar-refractivity contribution in [2.75, 3.05) is 0 Å². The fourth-order valence-electron chi connectivity index (χ4n) is 1.46. The molecule has 0 fully saturated rings. The Morgan fingerprint density at radius 3 is 2.54 bits per heavy atom. The molecule has 0 saturated heterocycles. The third kappa shape index (κ3) is 3.76. The van der Waals surface area contributed by atoms with Gasteiger partial charge in [0.25, 0.3) is 5.82 Å². The third-order valence-electron chi connectivity index (χ3n) is 2.30. The van der Waals surface area contributed by atoms with Gasteiger partial charge in [-0.3, -0.25) is 0 Å². The number of hydrogen-bond donors (Lipinski definition) is 1. The van der Waals surface area contributed by atoms with Crippen molar-refractivity contribution in [1.29, 1.82) is 0 Å². The predicted molar refractivity (Wildman–Crippen MR) is 58.5 cm³/mol. The molecule has 0 unspecified atom stereocenters. The van der Waals surface area contributed by atoms with Gasteiger partial charge in [0, 0.05) is 15.0 Å². The predicted octanol–water partition coefficient (Wildman–Crippen LogP) is 2.34. The molecule has 0 aliphatic rings. The minimum absolute atomic E-state index is 0.832. The third-order valence-corrected chi connectivity index (χ3v) is 4.16. The van der Waals surface area contributed by atoms with Gasteiger partial charge >= 0.3 is 0 Å². The topological polar surface area (TPSA) is 19.7 Å². The van der Waals surface area contributed by atoms with Crippen molar-refractivity contribution < 1.29 is 4.57 Å². The second kappa shape index (κ2) is 4.09. The molecule has 13 heavy (non-hydrogen) atoms. The van der Waals surface area contributed by atoms with Gasteiger partial charge in [-0.2, -0.15) is 0 Å². The number of nitrogens with zero attached hydrogens (tertiary/aromatic N) is 1. The highest BCUT2D eigenvalue weighted by molar-refractivity contribution is 6.76. The summed E-state index contributed by atoms with van der Waals surface area (Å²) in [4.78, 5) is 3.19. The molecule has 1 aromatic heterocycles. The zero-order chi connectivity index (χ0) is 9.90. The number of H-pyrrole nitrogens is 1. The first kappa shape index (κ1) is 10.5. The Morgan fingerprint density at radius 1 is 1.38 bits per heavy atom. The lowest BCUT2D eigenvalue weighted by atomic mass is 10.4. The highest BCUT2D eigenvalue weighted by Gasteiger charge is 2.13. The number of rotatable bonds is 4. The molecule has 0 aromatic carbocycles. The van der Waals surface area contributed by atoms with E-state index in [1.54, 1.807) is 0 Å². The lowest BCUT2D eigenvalue weighted by molar-refractivity contribution is -0.701. The Bertz CT molecular complexity index is 260. The van der Waals surface area contributed by atoms with Crippen LogP contribution in [0.4, 0.5) is 0 Å². The maximum Gasteiger partial charge on any atom is 0.251 e. The Hall–Kier alpha value is -0.573. The molecule has 0 atom stereocenters. The van der Waals surface area contributed by atoms with E-state index in [2.05, 4.69) is 42.3 Å². The summed E-state index contributed by atoms with van der Waals surface area (Å²) in [5.74, 6) is 1.26. The molecule has 1 heterocycles. The van der Waals surface area contributed by atoms with E-state index < -0.39 is 8.07 Å². The fourth-order valence-corrected chi connectivity index (χ4v) is 2.68. The van der Waals surface area contributed by atoms with E-state index in [9.17, 15) is 0 Å². The summed E-state index contributed by atoms with van der Waals surface area (Å²) in [6.45, 7) is 10.6. The number of aryl methyl sites for hydroxylation is 2. The molecule has 0 saturated carbocycles. The van der Waals surface area contributed by atoms with Crippen LogP contribution in [-0.2, 0) is 6.54 Å². The molecule has 0 radical (unpaired) electrons. The van der Waals surface area contributed by atoms with Crippen LogP contribution >= 0.6 is 0 Å². The first-order valence-electron chi connectivity index (χ1n) is 5.02. The molecule has 0 spiro atoms. The van der Waals surface area contributed by atoms with Crippen molar-refractivity contribution in [3.8, 4) is 0 Å². The van der Waals surface area contributed by atoms with Crippen molar-refractivity contribution in [2.24, 2.45) is 0 Å². The van der Waals surface area contributed by atoms with E-state index >= 15 is 0 Å². The van der Waals surface area contributed by atoms with Crippen molar-refractivity contribution in [2.45, 2.75) is 45.6 Å². The standard InChI is InChI=1S/C10H20N2Si/c1-10-11-6-8-12(10)7-5-9-13(2,3)4/h6,8H,5,7,9H2,1-4H3/p+1. The van der Waals surface area contributed by atoms with Crippen LogP contribution in [0.5, 0.6) is 0 Å². The minimum Gasteiger partial charge on any atom is -0.248 e. The zero-order valence-corrected chi connectivity index (χ0v) is 10.2. The number of hydrogen-bond acceptors (Lipinski definition) is 0. The molecule has 1 aromatic rings. The van der Waals surface area contributed by atoms with E-state index in [1.807, 2.05) is 6.20 Å². The summed E-state index contributed by atoms with van der Waals surface area (Å²) in [6, 6.07) is 1.42. The first-order chi connectivity index (χ1) is 5.99. The fraction of sp³-hybridized carbons (Fsp3) is 0.700. The van der Waals surface area contributed by atoms with Crippen LogP contribution < -0.4 is 4.57 Å². The summed E-state index contributed by atoms with van der Waals surface area (Å²) < 4.78 is 2.29. The summed E-state index contributed by atoms with van der Waals surface area (Å²) >= 11 is 0. The molecule has 3 heteroatoms. The molecule has 0 aliphatic carbocycles. The number of aromatic amines is 1. The van der Waals surface area contributed by atoms with Crippen LogP contribution in [0.2, 0.25) is 25.7 Å². The normalized spacial score (nSPS) is 12.0. The van der Waals surface area contributed by atoms with Crippen molar-refractivity contribution in [3.05, 3.63) is 18.2 Å². The molecule has 1 N–H and O–H groups in total. The minimum atomic E-state index is -0.832. The summed E-state index contributed by atoms with van der Waals surface area (Å²) in [5, 5.41) is 0. The molecule has 74 valence electrons. The number of aromatic nitrogens is 2. The summed E-state index contributed by atoms with van der Waals surface area (Å²) in [6.07, 6.45) is 5.45.